The zero-order chi connectivity index (χ0) is 15.1. The molecule has 0 saturated carbocycles. The van der Waals surface area contributed by atoms with E-state index in [2.05, 4.69) is 4.90 Å². The van der Waals surface area contributed by atoms with Gasteiger partial charge in [-0.15, -0.1) is 0 Å². The summed E-state index contributed by atoms with van der Waals surface area (Å²) >= 11 is 0. The van der Waals surface area contributed by atoms with Crippen LogP contribution in [0.15, 0.2) is 18.2 Å². The number of fused-ring (bicyclic) bond motifs is 1. The van der Waals surface area contributed by atoms with Gasteiger partial charge in [-0.25, -0.2) is 0 Å². The first-order valence-electron chi connectivity index (χ1n) is 6.99. The SMILES string of the molecule is CC1CN(c2ccc3c(c2)N(C)C(=O)C3=O)CC(CO)O1. The minimum Gasteiger partial charge on any atom is -0.394 e. The highest BCUT2D eigenvalue weighted by atomic mass is 16.5. The van der Waals surface area contributed by atoms with E-state index in [0.717, 1.165) is 5.69 Å². The molecule has 3 rings (SSSR count). The highest BCUT2D eigenvalue weighted by Crippen LogP contribution is 2.32. The largest absolute Gasteiger partial charge is 0.394 e. The van der Waals surface area contributed by atoms with Crippen molar-refractivity contribution in [1.82, 2.24) is 0 Å². The second kappa shape index (κ2) is 5.13. The van der Waals surface area contributed by atoms with E-state index >= 15 is 0 Å². The molecule has 1 N–H and O–H groups in total. The number of carbonyl (C=O) groups is 2. The Morgan fingerprint density at radius 3 is 2.81 bits per heavy atom. The number of ketones is 1. The van der Waals surface area contributed by atoms with Gasteiger partial charge in [-0.3, -0.25) is 9.59 Å². The Bertz CT molecular complexity index is 601. The molecule has 21 heavy (non-hydrogen) atoms. The number of Topliss-reactive ketones (excluding diaryl/α,β-unsaturated/α-hetero) is 1. The second-order valence-corrected chi connectivity index (χ2v) is 5.55. The van der Waals surface area contributed by atoms with Crippen LogP contribution in [0, 0.1) is 0 Å². The Morgan fingerprint density at radius 1 is 1.33 bits per heavy atom. The zero-order valence-electron chi connectivity index (χ0n) is 12.1. The summed E-state index contributed by atoms with van der Waals surface area (Å²) in [6, 6.07) is 5.39. The van der Waals surface area contributed by atoms with Gasteiger partial charge in [-0.1, -0.05) is 0 Å². The van der Waals surface area contributed by atoms with Crippen LogP contribution < -0.4 is 9.80 Å². The summed E-state index contributed by atoms with van der Waals surface area (Å²) in [6.07, 6.45) is -0.201. The maximum Gasteiger partial charge on any atom is 0.299 e. The summed E-state index contributed by atoms with van der Waals surface area (Å²) in [6.45, 7) is 3.23. The van der Waals surface area contributed by atoms with Crippen molar-refractivity contribution >= 4 is 23.1 Å². The fraction of sp³-hybridized carbons (Fsp3) is 0.467. The molecule has 6 heteroatoms. The van der Waals surface area contributed by atoms with Crippen LogP contribution in [0.4, 0.5) is 11.4 Å². The lowest BCUT2D eigenvalue weighted by atomic mass is 10.1. The van der Waals surface area contributed by atoms with E-state index in [0.29, 0.717) is 24.3 Å². The maximum atomic E-state index is 11.8. The summed E-state index contributed by atoms with van der Waals surface area (Å²) in [5.74, 6) is -0.951. The molecular formula is C15H18N2O4. The number of rotatable bonds is 2. The Hall–Kier alpha value is -1.92. The van der Waals surface area contributed by atoms with Crippen molar-refractivity contribution in [3.63, 3.8) is 0 Å². The van der Waals surface area contributed by atoms with Crippen molar-refractivity contribution in [2.24, 2.45) is 0 Å². The van der Waals surface area contributed by atoms with E-state index in [1.54, 1.807) is 13.1 Å². The van der Waals surface area contributed by atoms with Crippen LogP contribution in [0.2, 0.25) is 0 Å². The number of aliphatic hydroxyl groups is 1. The number of anilines is 2. The first-order valence-corrected chi connectivity index (χ1v) is 6.99. The van der Waals surface area contributed by atoms with E-state index in [1.165, 1.54) is 4.90 Å². The number of ether oxygens (including phenoxy) is 1. The fourth-order valence-electron chi connectivity index (χ4n) is 2.92. The van der Waals surface area contributed by atoms with Crippen LogP contribution in [0.5, 0.6) is 0 Å². The topological polar surface area (TPSA) is 70.1 Å². The third-order valence-electron chi connectivity index (χ3n) is 3.98. The molecule has 112 valence electrons. The molecule has 2 heterocycles. The van der Waals surface area contributed by atoms with E-state index in [9.17, 15) is 14.7 Å². The van der Waals surface area contributed by atoms with E-state index in [4.69, 9.17) is 4.74 Å². The fourth-order valence-corrected chi connectivity index (χ4v) is 2.92. The standard InChI is InChI=1S/C15H18N2O4/c1-9-6-17(7-11(8-18)21-9)10-3-4-12-13(5-10)16(2)15(20)14(12)19/h3-5,9,11,18H,6-8H2,1-2H3. The Labute approximate surface area is 122 Å². The quantitative estimate of drug-likeness (QED) is 0.800. The number of amides is 1. The smallest absolute Gasteiger partial charge is 0.299 e. The molecule has 0 spiro atoms. The van der Waals surface area contributed by atoms with Gasteiger partial charge in [-0.05, 0) is 25.1 Å². The third kappa shape index (κ3) is 2.30. The number of benzene rings is 1. The lowest BCUT2D eigenvalue weighted by Gasteiger charge is -2.37. The summed E-state index contributed by atoms with van der Waals surface area (Å²) < 4.78 is 5.62. The van der Waals surface area contributed by atoms with Gasteiger partial charge in [0.1, 0.15) is 0 Å². The van der Waals surface area contributed by atoms with Crippen LogP contribution in [0.1, 0.15) is 17.3 Å². The van der Waals surface area contributed by atoms with Gasteiger partial charge in [-0.2, -0.15) is 0 Å². The first kappa shape index (κ1) is 14.0. The van der Waals surface area contributed by atoms with Gasteiger partial charge < -0.3 is 19.6 Å². The molecule has 2 aliphatic heterocycles. The number of aliphatic hydroxyl groups excluding tert-OH is 1. The highest BCUT2D eigenvalue weighted by Gasteiger charge is 2.34. The molecule has 2 aliphatic rings. The van der Waals surface area contributed by atoms with Crippen LogP contribution in [0.3, 0.4) is 0 Å². The van der Waals surface area contributed by atoms with Crippen molar-refractivity contribution in [2.75, 3.05) is 36.5 Å². The Morgan fingerprint density at radius 2 is 2.10 bits per heavy atom. The molecule has 0 radical (unpaired) electrons. The molecule has 1 saturated heterocycles. The van der Waals surface area contributed by atoms with Crippen molar-refractivity contribution in [3.8, 4) is 0 Å². The molecular weight excluding hydrogens is 272 g/mol. The monoisotopic (exact) mass is 290 g/mol. The molecule has 1 amide bonds. The van der Waals surface area contributed by atoms with Crippen molar-refractivity contribution in [1.29, 1.82) is 0 Å². The van der Waals surface area contributed by atoms with Gasteiger partial charge >= 0.3 is 0 Å². The minimum absolute atomic E-state index is 0.0187. The summed E-state index contributed by atoms with van der Waals surface area (Å²) in [5, 5.41) is 9.29. The number of morpholine rings is 1. The van der Waals surface area contributed by atoms with Crippen LogP contribution in [-0.2, 0) is 9.53 Å². The first-order chi connectivity index (χ1) is 10.0. The molecule has 0 aromatic heterocycles. The molecule has 0 aliphatic carbocycles. The highest BCUT2D eigenvalue weighted by molar-refractivity contribution is 6.52. The average molecular weight is 290 g/mol. The number of hydrogen-bond donors (Lipinski definition) is 1. The van der Waals surface area contributed by atoms with E-state index in [1.807, 2.05) is 19.1 Å². The molecule has 1 fully saturated rings. The van der Waals surface area contributed by atoms with Gasteiger partial charge in [0.05, 0.1) is 30.1 Å². The van der Waals surface area contributed by atoms with Gasteiger partial charge in [0.15, 0.2) is 0 Å². The zero-order valence-corrected chi connectivity index (χ0v) is 12.1. The predicted octanol–water partition coefficient (Wildman–Crippen LogP) is 0.432. The Balaban J connectivity index is 1.91. The molecule has 1 aromatic rings. The number of nitrogens with zero attached hydrogens (tertiary/aromatic N) is 2. The summed E-state index contributed by atoms with van der Waals surface area (Å²) in [4.78, 5) is 27.0. The summed E-state index contributed by atoms with van der Waals surface area (Å²) in [7, 11) is 1.61. The Kier molecular flexibility index (Phi) is 3.43. The molecule has 2 unspecified atom stereocenters. The molecule has 0 bridgehead atoms. The van der Waals surface area contributed by atoms with E-state index in [-0.39, 0.29) is 18.8 Å². The number of hydrogen-bond acceptors (Lipinski definition) is 5. The average Bonchev–Trinajstić information content (AvgIpc) is 2.71. The third-order valence-corrected chi connectivity index (χ3v) is 3.98. The van der Waals surface area contributed by atoms with Gasteiger partial charge in [0.2, 0.25) is 0 Å². The molecule has 2 atom stereocenters. The van der Waals surface area contributed by atoms with Crippen molar-refractivity contribution in [3.05, 3.63) is 23.8 Å². The molecule has 1 aromatic carbocycles. The van der Waals surface area contributed by atoms with E-state index < -0.39 is 11.7 Å². The lowest BCUT2D eigenvalue weighted by molar-refractivity contribution is -0.114. The number of likely N-dealkylation sites (N-methyl/N-ethyl adjacent to an activating group) is 1. The number of carbonyl (C=O) groups excluding carboxylic acids is 2. The maximum absolute atomic E-state index is 11.8. The van der Waals surface area contributed by atoms with Crippen molar-refractivity contribution < 1.29 is 19.4 Å². The van der Waals surface area contributed by atoms with Gasteiger partial charge in [0.25, 0.3) is 11.7 Å². The summed E-state index contributed by atoms with van der Waals surface area (Å²) in [5.41, 5.74) is 2.02. The predicted molar refractivity (Wildman–Crippen MR) is 77.8 cm³/mol. The van der Waals surface area contributed by atoms with Gasteiger partial charge in [0, 0.05) is 25.8 Å². The molecule has 6 nitrogen and oxygen atoms in total. The minimum atomic E-state index is -0.495. The second-order valence-electron chi connectivity index (χ2n) is 5.55. The van der Waals surface area contributed by atoms with Crippen LogP contribution in [-0.4, -0.2) is 55.7 Å². The lowest BCUT2D eigenvalue weighted by Crippen LogP contribution is -2.48. The van der Waals surface area contributed by atoms with Crippen LogP contribution >= 0.6 is 0 Å². The van der Waals surface area contributed by atoms with Crippen molar-refractivity contribution in [2.45, 2.75) is 19.1 Å². The van der Waals surface area contributed by atoms with Crippen LogP contribution in [0.25, 0.3) is 0 Å². The normalized spacial score (nSPS) is 25.5.